The lowest BCUT2D eigenvalue weighted by atomic mass is 10.1. The summed E-state index contributed by atoms with van der Waals surface area (Å²) in [5.74, 6) is 0.804. The first kappa shape index (κ1) is 14.8. The number of hydrogen-bond acceptors (Lipinski definition) is 4. The van der Waals surface area contributed by atoms with Gasteiger partial charge in [-0.1, -0.05) is 0 Å². The monoisotopic (exact) mass is 278 g/mol. The topological polar surface area (TPSA) is 73.6 Å². The van der Waals surface area contributed by atoms with Gasteiger partial charge in [-0.05, 0) is 30.7 Å². The van der Waals surface area contributed by atoms with Crippen LogP contribution in [0.3, 0.4) is 0 Å². The molecule has 110 valence electrons. The number of rotatable bonds is 5. The summed E-state index contributed by atoms with van der Waals surface area (Å²) in [5, 5.41) is 2.82. The molecule has 20 heavy (non-hydrogen) atoms. The molecule has 0 aromatic heterocycles. The Labute approximate surface area is 119 Å². The van der Waals surface area contributed by atoms with Gasteiger partial charge in [0.25, 0.3) is 0 Å². The number of hydrogen-bond donors (Lipinski definition) is 2. The van der Waals surface area contributed by atoms with Crippen molar-refractivity contribution < 1.29 is 14.3 Å². The minimum atomic E-state index is -0.0648. The van der Waals surface area contributed by atoms with Crippen LogP contribution in [-0.2, 0) is 9.53 Å². The predicted molar refractivity (Wildman–Crippen MR) is 77.9 cm³/mol. The Hall–Kier alpha value is -1.59. The second-order valence-electron chi connectivity index (χ2n) is 5.00. The molecule has 0 aliphatic carbocycles. The van der Waals surface area contributed by atoms with E-state index in [0.717, 1.165) is 43.1 Å². The zero-order valence-electron chi connectivity index (χ0n) is 11.9. The molecular formula is C15H22N2O3. The summed E-state index contributed by atoms with van der Waals surface area (Å²) in [7, 11) is 0. The van der Waals surface area contributed by atoms with Gasteiger partial charge in [0.1, 0.15) is 11.9 Å². The smallest absolute Gasteiger partial charge is 0.225 e. The lowest BCUT2D eigenvalue weighted by molar-refractivity contribution is -0.116. The van der Waals surface area contributed by atoms with Crippen molar-refractivity contribution >= 4 is 11.6 Å². The SMILES string of the molecule is Cc1cc(NC(=O)CCN)ccc1OC1CCOCC1. The van der Waals surface area contributed by atoms with Crippen molar-refractivity contribution in [3.63, 3.8) is 0 Å². The lowest BCUT2D eigenvalue weighted by Crippen LogP contribution is -2.26. The van der Waals surface area contributed by atoms with Crippen LogP contribution in [-0.4, -0.2) is 31.8 Å². The number of carbonyl (C=O) groups excluding carboxylic acids is 1. The average molecular weight is 278 g/mol. The largest absolute Gasteiger partial charge is 0.490 e. The van der Waals surface area contributed by atoms with Crippen LogP contribution in [0.1, 0.15) is 24.8 Å². The highest BCUT2D eigenvalue weighted by Gasteiger charge is 2.16. The summed E-state index contributed by atoms with van der Waals surface area (Å²) in [6, 6.07) is 5.68. The third-order valence-electron chi connectivity index (χ3n) is 3.29. The van der Waals surface area contributed by atoms with E-state index in [0.29, 0.717) is 13.0 Å². The van der Waals surface area contributed by atoms with Crippen molar-refractivity contribution in [2.24, 2.45) is 5.73 Å². The highest BCUT2D eigenvalue weighted by Crippen LogP contribution is 2.25. The Morgan fingerprint density at radius 2 is 2.20 bits per heavy atom. The molecule has 3 N–H and O–H groups in total. The third-order valence-corrected chi connectivity index (χ3v) is 3.29. The molecule has 0 unspecified atom stereocenters. The maximum Gasteiger partial charge on any atom is 0.225 e. The number of nitrogens with one attached hydrogen (secondary N) is 1. The normalized spacial score (nSPS) is 15.9. The third kappa shape index (κ3) is 4.21. The predicted octanol–water partition coefficient (Wildman–Crippen LogP) is 1.84. The summed E-state index contributed by atoms with van der Waals surface area (Å²) in [4.78, 5) is 11.5. The van der Waals surface area contributed by atoms with Crippen LogP contribution in [0.2, 0.25) is 0 Å². The van der Waals surface area contributed by atoms with E-state index >= 15 is 0 Å². The molecule has 1 heterocycles. The first-order valence-electron chi connectivity index (χ1n) is 7.04. The number of amides is 1. The van der Waals surface area contributed by atoms with E-state index in [2.05, 4.69) is 5.32 Å². The van der Waals surface area contributed by atoms with Gasteiger partial charge in [-0.25, -0.2) is 0 Å². The Morgan fingerprint density at radius 1 is 1.45 bits per heavy atom. The van der Waals surface area contributed by atoms with Crippen molar-refractivity contribution in [1.29, 1.82) is 0 Å². The minimum absolute atomic E-state index is 0.0648. The molecule has 1 aromatic carbocycles. The number of carbonyl (C=O) groups is 1. The van der Waals surface area contributed by atoms with Crippen LogP contribution < -0.4 is 15.8 Å². The summed E-state index contributed by atoms with van der Waals surface area (Å²) >= 11 is 0. The molecule has 5 heteroatoms. The number of benzene rings is 1. The summed E-state index contributed by atoms with van der Waals surface area (Å²) in [6.07, 6.45) is 2.41. The molecule has 1 aliphatic rings. The van der Waals surface area contributed by atoms with Gasteiger partial charge in [-0.15, -0.1) is 0 Å². The van der Waals surface area contributed by atoms with Crippen LogP contribution in [0.25, 0.3) is 0 Å². The molecule has 5 nitrogen and oxygen atoms in total. The highest BCUT2D eigenvalue weighted by molar-refractivity contribution is 5.91. The maximum atomic E-state index is 11.5. The van der Waals surface area contributed by atoms with Crippen LogP contribution in [0.4, 0.5) is 5.69 Å². The van der Waals surface area contributed by atoms with E-state index in [1.54, 1.807) is 0 Å². The molecule has 1 fully saturated rings. The van der Waals surface area contributed by atoms with Crippen molar-refractivity contribution in [1.82, 2.24) is 0 Å². The summed E-state index contributed by atoms with van der Waals surface area (Å²) < 4.78 is 11.3. The quantitative estimate of drug-likeness (QED) is 0.862. The van der Waals surface area contributed by atoms with Gasteiger partial charge in [-0.3, -0.25) is 4.79 Å². The van der Waals surface area contributed by atoms with E-state index in [9.17, 15) is 4.79 Å². The second-order valence-corrected chi connectivity index (χ2v) is 5.00. The number of ether oxygens (including phenoxy) is 2. The molecule has 0 atom stereocenters. The summed E-state index contributed by atoms with van der Waals surface area (Å²) in [6.45, 7) is 3.86. The molecule has 0 spiro atoms. The highest BCUT2D eigenvalue weighted by atomic mass is 16.5. The molecule has 0 radical (unpaired) electrons. The molecule has 0 saturated carbocycles. The Balaban J connectivity index is 1.96. The van der Waals surface area contributed by atoms with Crippen LogP contribution >= 0.6 is 0 Å². The average Bonchev–Trinajstić information content (AvgIpc) is 2.43. The molecule has 1 saturated heterocycles. The van der Waals surface area contributed by atoms with Crippen molar-refractivity contribution in [3.05, 3.63) is 23.8 Å². The maximum absolute atomic E-state index is 11.5. The number of aryl methyl sites for hydroxylation is 1. The molecule has 1 amide bonds. The molecule has 1 aliphatic heterocycles. The van der Waals surface area contributed by atoms with E-state index < -0.39 is 0 Å². The first-order valence-corrected chi connectivity index (χ1v) is 7.04. The number of anilines is 1. The number of nitrogens with two attached hydrogens (primary N) is 1. The fourth-order valence-corrected chi connectivity index (χ4v) is 2.19. The van der Waals surface area contributed by atoms with E-state index in [4.69, 9.17) is 15.2 Å². The Bertz CT molecular complexity index is 456. The fraction of sp³-hybridized carbons (Fsp3) is 0.533. The van der Waals surface area contributed by atoms with E-state index in [1.165, 1.54) is 0 Å². The van der Waals surface area contributed by atoms with Crippen molar-refractivity contribution in [2.75, 3.05) is 25.1 Å². The zero-order valence-corrected chi connectivity index (χ0v) is 11.9. The molecular weight excluding hydrogens is 256 g/mol. The van der Waals surface area contributed by atoms with E-state index in [1.807, 2.05) is 25.1 Å². The van der Waals surface area contributed by atoms with Gasteiger partial charge in [0.15, 0.2) is 0 Å². The van der Waals surface area contributed by atoms with Crippen LogP contribution in [0, 0.1) is 6.92 Å². The van der Waals surface area contributed by atoms with Gasteiger partial charge in [-0.2, -0.15) is 0 Å². The fourth-order valence-electron chi connectivity index (χ4n) is 2.19. The van der Waals surface area contributed by atoms with E-state index in [-0.39, 0.29) is 12.0 Å². The summed E-state index contributed by atoms with van der Waals surface area (Å²) in [5.41, 5.74) is 7.14. The van der Waals surface area contributed by atoms with Crippen molar-refractivity contribution in [2.45, 2.75) is 32.3 Å². The lowest BCUT2D eigenvalue weighted by Gasteiger charge is -2.24. The Morgan fingerprint density at radius 3 is 2.85 bits per heavy atom. The van der Waals surface area contributed by atoms with Gasteiger partial charge in [0, 0.05) is 31.5 Å². The van der Waals surface area contributed by atoms with Crippen LogP contribution in [0.5, 0.6) is 5.75 Å². The Kier molecular flexibility index (Phi) is 5.38. The van der Waals surface area contributed by atoms with Crippen LogP contribution in [0.15, 0.2) is 18.2 Å². The zero-order chi connectivity index (χ0) is 14.4. The molecule has 0 bridgehead atoms. The van der Waals surface area contributed by atoms with Gasteiger partial charge < -0.3 is 20.5 Å². The van der Waals surface area contributed by atoms with Crippen molar-refractivity contribution in [3.8, 4) is 5.75 Å². The standard InChI is InChI=1S/C15H22N2O3/c1-11-10-12(17-15(18)4-7-16)2-3-14(11)20-13-5-8-19-9-6-13/h2-3,10,13H,4-9,16H2,1H3,(H,17,18). The van der Waals surface area contributed by atoms with Gasteiger partial charge >= 0.3 is 0 Å². The molecule has 1 aromatic rings. The molecule has 2 rings (SSSR count). The minimum Gasteiger partial charge on any atom is -0.490 e. The first-order chi connectivity index (χ1) is 9.69. The van der Waals surface area contributed by atoms with Gasteiger partial charge in [0.2, 0.25) is 5.91 Å². The second kappa shape index (κ2) is 7.26. The van der Waals surface area contributed by atoms with Gasteiger partial charge in [0.05, 0.1) is 13.2 Å².